The van der Waals surface area contributed by atoms with Gasteiger partial charge in [0.15, 0.2) is 0 Å². The number of aromatic nitrogens is 5. The third-order valence-corrected chi connectivity index (χ3v) is 3.46. The van der Waals surface area contributed by atoms with E-state index in [1.165, 1.54) is 6.33 Å². The lowest BCUT2D eigenvalue weighted by Gasteiger charge is -2.20. The lowest BCUT2D eigenvalue weighted by Crippen LogP contribution is -2.27. The first-order chi connectivity index (χ1) is 10.8. The highest BCUT2D eigenvalue weighted by atomic mass is 15.4. The van der Waals surface area contributed by atoms with Crippen molar-refractivity contribution in [2.45, 2.75) is 13.3 Å². The van der Waals surface area contributed by atoms with Crippen LogP contribution in [0.25, 0.3) is 5.78 Å². The Morgan fingerprint density at radius 2 is 2.18 bits per heavy atom. The van der Waals surface area contributed by atoms with Crippen molar-refractivity contribution in [2.75, 3.05) is 30.4 Å². The first-order valence-corrected chi connectivity index (χ1v) is 7.33. The average molecular weight is 297 g/mol. The van der Waals surface area contributed by atoms with Crippen molar-refractivity contribution >= 4 is 17.4 Å². The van der Waals surface area contributed by atoms with E-state index in [0.29, 0.717) is 5.78 Å². The fourth-order valence-electron chi connectivity index (χ4n) is 2.23. The van der Waals surface area contributed by atoms with E-state index < -0.39 is 0 Å². The van der Waals surface area contributed by atoms with Crippen molar-refractivity contribution in [1.29, 1.82) is 0 Å². The summed E-state index contributed by atoms with van der Waals surface area (Å²) in [5.41, 5.74) is 1.01. The molecule has 0 fully saturated rings. The molecule has 0 unspecified atom stereocenters. The topological polar surface area (TPSA) is 71.2 Å². The van der Waals surface area contributed by atoms with Crippen molar-refractivity contribution in [3.05, 3.63) is 42.5 Å². The first-order valence-electron chi connectivity index (χ1n) is 7.33. The second-order valence-electron chi connectivity index (χ2n) is 4.99. The average Bonchev–Trinajstić information content (AvgIpc) is 3.03. The number of likely N-dealkylation sites (N-methyl/N-ethyl adjacent to an activating group) is 1. The van der Waals surface area contributed by atoms with Crippen LogP contribution in [0.4, 0.5) is 11.6 Å². The number of nitrogens with one attached hydrogen (secondary N) is 1. The minimum Gasteiger partial charge on any atom is -0.368 e. The maximum Gasteiger partial charge on any atom is 0.254 e. The predicted molar refractivity (Wildman–Crippen MR) is 86.2 cm³/mol. The van der Waals surface area contributed by atoms with Gasteiger partial charge < -0.3 is 10.2 Å². The van der Waals surface area contributed by atoms with E-state index in [2.05, 4.69) is 43.3 Å². The fraction of sp³-hybridized carbons (Fsp3) is 0.333. The highest BCUT2D eigenvalue weighted by Gasteiger charge is 2.10. The second-order valence-corrected chi connectivity index (χ2v) is 4.99. The quantitative estimate of drug-likeness (QED) is 0.745. The van der Waals surface area contributed by atoms with Crippen molar-refractivity contribution in [1.82, 2.24) is 24.6 Å². The zero-order valence-electron chi connectivity index (χ0n) is 12.8. The molecule has 3 aromatic heterocycles. The summed E-state index contributed by atoms with van der Waals surface area (Å²) in [4.78, 5) is 15.0. The lowest BCUT2D eigenvalue weighted by atomic mass is 10.3. The van der Waals surface area contributed by atoms with E-state index in [1.807, 2.05) is 25.2 Å². The largest absolute Gasteiger partial charge is 0.368 e. The van der Waals surface area contributed by atoms with Gasteiger partial charge >= 0.3 is 0 Å². The Hall–Kier alpha value is -2.70. The van der Waals surface area contributed by atoms with Gasteiger partial charge in [0.1, 0.15) is 18.0 Å². The summed E-state index contributed by atoms with van der Waals surface area (Å²) in [5, 5.41) is 7.55. The number of nitrogens with zero attached hydrogens (tertiary/aromatic N) is 6. The second kappa shape index (κ2) is 6.38. The molecule has 0 saturated heterocycles. The molecule has 0 atom stereocenters. The first kappa shape index (κ1) is 14.2. The predicted octanol–water partition coefficient (Wildman–Crippen LogP) is 1.63. The number of hydrogen-bond donors (Lipinski definition) is 1. The molecule has 0 aliphatic rings. The molecule has 3 aromatic rings. The summed E-state index contributed by atoms with van der Waals surface area (Å²) in [7, 11) is 2.04. The standard InChI is InChI=1S/C15H19N7/c1-3-12-10-14(22-15(20-12)18-11-19-22)21(2)9-8-17-13-6-4-5-7-16-13/h4-7,10-11H,3,8-9H2,1-2H3,(H,16,17). The molecule has 1 N–H and O–H groups in total. The smallest absolute Gasteiger partial charge is 0.254 e. The lowest BCUT2D eigenvalue weighted by molar-refractivity contribution is 0.823. The number of fused-ring (bicyclic) bond motifs is 1. The summed E-state index contributed by atoms with van der Waals surface area (Å²) in [6.07, 6.45) is 4.18. The van der Waals surface area contributed by atoms with E-state index in [9.17, 15) is 0 Å². The van der Waals surface area contributed by atoms with Crippen LogP contribution < -0.4 is 10.2 Å². The number of pyridine rings is 1. The molecule has 7 heteroatoms. The van der Waals surface area contributed by atoms with Crippen LogP contribution in [0.5, 0.6) is 0 Å². The summed E-state index contributed by atoms with van der Waals surface area (Å²) in [6, 6.07) is 7.89. The Bertz CT molecular complexity index is 738. The number of anilines is 2. The van der Waals surface area contributed by atoms with Gasteiger partial charge in [0.2, 0.25) is 0 Å². The number of rotatable bonds is 6. The molecule has 0 spiro atoms. The highest BCUT2D eigenvalue weighted by molar-refractivity contribution is 5.47. The van der Waals surface area contributed by atoms with Gasteiger partial charge in [-0.3, -0.25) is 0 Å². The van der Waals surface area contributed by atoms with Gasteiger partial charge in [-0.1, -0.05) is 13.0 Å². The number of aryl methyl sites for hydroxylation is 1. The molecule has 0 saturated carbocycles. The van der Waals surface area contributed by atoms with E-state index in [4.69, 9.17) is 0 Å². The number of hydrogen-bond acceptors (Lipinski definition) is 6. The Morgan fingerprint density at radius 3 is 2.95 bits per heavy atom. The molecule has 22 heavy (non-hydrogen) atoms. The molecule has 7 nitrogen and oxygen atoms in total. The van der Waals surface area contributed by atoms with Crippen LogP contribution in [0.15, 0.2) is 36.8 Å². The van der Waals surface area contributed by atoms with E-state index >= 15 is 0 Å². The molecule has 0 bridgehead atoms. The van der Waals surface area contributed by atoms with Crippen molar-refractivity contribution in [2.24, 2.45) is 0 Å². The van der Waals surface area contributed by atoms with Gasteiger partial charge in [-0.05, 0) is 18.6 Å². The minimum absolute atomic E-state index is 0.638. The molecular weight excluding hydrogens is 278 g/mol. The van der Waals surface area contributed by atoms with Gasteiger partial charge in [-0.25, -0.2) is 9.97 Å². The fourth-order valence-corrected chi connectivity index (χ4v) is 2.23. The van der Waals surface area contributed by atoms with Crippen molar-refractivity contribution < 1.29 is 0 Å². The van der Waals surface area contributed by atoms with Gasteiger partial charge in [-0.2, -0.15) is 14.6 Å². The van der Waals surface area contributed by atoms with Crippen LogP contribution >= 0.6 is 0 Å². The summed E-state index contributed by atoms with van der Waals surface area (Å²) < 4.78 is 1.76. The van der Waals surface area contributed by atoms with Crippen LogP contribution in [-0.2, 0) is 6.42 Å². The van der Waals surface area contributed by atoms with E-state index in [1.54, 1.807) is 10.7 Å². The Balaban J connectivity index is 1.71. The zero-order chi connectivity index (χ0) is 15.4. The molecule has 0 aliphatic heterocycles. The van der Waals surface area contributed by atoms with Crippen molar-refractivity contribution in [3.63, 3.8) is 0 Å². The zero-order valence-corrected chi connectivity index (χ0v) is 12.8. The Morgan fingerprint density at radius 1 is 1.27 bits per heavy atom. The highest BCUT2D eigenvalue weighted by Crippen LogP contribution is 2.15. The molecule has 0 aliphatic carbocycles. The normalized spacial score (nSPS) is 10.8. The van der Waals surface area contributed by atoms with Gasteiger partial charge in [-0.15, -0.1) is 0 Å². The van der Waals surface area contributed by atoms with E-state index in [0.717, 1.165) is 36.8 Å². The minimum atomic E-state index is 0.638. The van der Waals surface area contributed by atoms with Gasteiger partial charge in [0.05, 0.1) is 0 Å². The Kier molecular flexibility index (Phi) is 4.13. The summed E-state index contributed by atoms with van der Waals surface area (Å²) in [6.45, 7) is 3.69. The van der Waals surface area contributed by atoms with Crippen LogP contribution in [-0.4, -0.2) is 44.7 Å². The molecule has 3 rings (SSSR count). The SMILES string of the molecule is CCc1cc(N(C)CCNc2ccccn2)n2ncnc2n1. The molecule has 3 heterocycles. The van der Waals surface area contributed by atoms with Crippen LogP contribution in [0.2, 0.25) is 0 Å². The summed E-state index contributed by atoms with van der Waals surface area (Å²) in [5.74, 6) is 2.51. The third kappa shape index (κ3) is 2.98. The van der Waals surface area contributed by atoms with Crippen LogP contribution in [0.3, 0.4) is 0 Å². The molecule has 114 valence electrons. The van der Waals surface area contributed by atoms with Crippen LogP contribution in [0.1, 0.15) is 12.6 Å². The van der Waals surface area contributed by atoms with Crippen LogP contribution in [0, 0.1) is 0 Å². The monoisotopic (exact) mass is 297 g/mol. The molecule has 0 aromatic carbocycles. The molecule has 0 radical (unpaired) electrons. The van der Waals surface area contributed by atoms with Gasteiger partial charge in [0.25, 0.3) is 5.78 Å². The summed E-state index contributed by atoms with van der Waals surface area (Å²) >= 11 is 0. The third-order valence-electron chi connectivity index (χ3n) is 3.46. The maximum atomic E-state index is 4.46. The van der Waals surface area contributed by atoms with E-state index in [-0.39, 0.29) is 0 Å². The van der Waals surface area contributed by atoms with Gasteiger partial charge in [0, 0.05) is 38.1 Å². The molecule has 0 amide bonds. The maximum absolute atomic E-state index is 4.46. The molecular formula is C15H19N7. The Labute approximate surface area is 129 Å². The van der Waals surface area contributed by atoms with Crippen molar-refractivity contribution in [3.8, 4) is 0 Å².